The van der Waals surface area contributed by atoms with E-state index in [2.05, 4.69) is 34.6 Å². The highest BCUT2D eigenvalue weighted by Gasteiger charge is 2.32. The number of hydrogen-bond acceptors (Lipinski definition) is 4. The molecule has 0 aromatic heterocycles. The van der Waals surface area contributed by atoms with Gasteiger partial charge in [0.05, 0.1) is 13.2 Å². The molecule has 0 atom stereocenters. The van der Waals surface area contributed by atoms with Gasteiger partial charge in [-0.25, -0.2) is 8.42 Å². The third kappa shape index (κ3) is 6.66. The van der Waals surface area contributed by atoms with E-state index >= 15 is 0 Å². The van der Waals surface area contributed by atoms with Gasteiger partial charge >= 0.3 is 0 Å². The second-order valence-electron chi connectivity index (χ2n) is 8.55. The van der Waals surface area contributed by atoms with Gasteiger partial charge < -0.3 is 9.47 Å². The van der Waals surface area contributed by atoms with Crippen molar-refractivity contribution in [3.63, 3.8) is 0 Å². The monoisotopic (exact) mass is 404 g/mol. The molecular weight excluding hydrogens is 372 g/mol. The van der Waals surface area contributed by atoms with Crippen LogP contribution in [0.4, 0.5) is 0 Å². The average molecular weight is 405 g/mol. The Bertz CT molecular complexity index is 703. The highest BCUT2D eigenvalue weighted by Crippen LogP contribution is 2.44. The van der Waals surface area contributed by atoms with Crippen molar-refractivity contribution in [2.24, 2.45) is 5.41 Å². The Hall–Kier alpha value is -0.940. The SMILES string of the molecule is CCCOc1cc(S(=O)(=O)Cl)c(OCCC)cc1C(C)(C)CC(C)(C)C. The predicted molar refractivity (Wildman–Crippen MR) is 108 cm³/mol. The van der Waals surface area contributed by atoms with Crippen LogP contribution in [0.1, 0.15) is 73.3 Å². The van der Waals surface area contributed by atoms with Crippen LogP contribution in [0.25, 0.3) is 0 Å². The van der Waals surface area contributed by atoms with Crippen LogP contribution in [0.5, 0.6) is 11.5 Å². The lowest BCUT2D eigenvalue weighted by Gasteiger charge is -2.34. The first-order chi connectivity index (χ1) is 11.8. The molecule has 0 unspecified atom stereocenters. The molecule has 4 nitrogen and oxygen atoms in total. The van der Waals surface area contributed by atoms with Crippen molar-refractivity contribution < 1.29 is 17.9 Å². The maximum Gasteiger partial charge on any atom is 0.265 e. The normalized spacial score (nSPS) is 12.9. The van der Waals surface area contributed by atoms with Crippen molar-refractivity contribution in [1.29, 1.82) is 0 Å². The van der Waals surface area contributed by atoms with Crippen molar-refractivity contribution in [3.05, 3.63) is 17.7 Å². The van der Waals surface area contributed by atoms with Crippen molar-refractivity contribution in [2.75, 3.05) is 13.2 Å². The molecule has 0 spiro atoms. The molecule has 1 aromatic carbocycles. The molecule has 0 radical (unpaired) electrons. The van der Waals surface area contributed by atoms with Gasteiger partial charge in [0.1, 0.15) is 16.4 Å². The molecule has 0 saturated heterocycles. The van der Waals surface area contributed by atoms with Gasteiger partial charge in [0.2, 0.25) is 0 Å². The second kappa shape index (κ2) is 8.83. The van der Waals surface area contributed by atoms with Crippen molar-refractivity contribution in [1.82, 2.24) is 0 Å². The van der Waals surface area contributed by atoms with Gasteiger partial charge in [-0.1, -0.05) is 48.5 Å². The smallest absolute Gasteiger partial charge is 0.265 e. The number of rotatable bonds is 9. The number of ether oxygens (including phenoxy) is 2. The Kier molecular flexibility index (Phi) is 7.85. The van der Waals surface area contributed by atoms with Gasteiger partial charge in [-0.2, -0.15) is 0 Å². The largest absolute Gasteiger partial charge is 0.493 e. The Morgan fingerprint density at radius 3 is 1.85 bits per heavy atom. The quantitative estimate of drug-likeness (QED) is 0.480. The van der Waals surface area contributed by atoms with Crippen LogP contribution in [0.15, 0.2) is 17.0 Å². The minimum atomic E-state index is -3.94. The van der Waals surface area contributed by atoms with Gasteiger partial charge in [0, 0.05) is 22.3 Å². The molecule has 0 aliphatic rings. The van der Waals surface area contributed by atoms with E-state index in [-0.39, 0.29) is 15.7 Å². The number of halogens is 1. The Morgan fingerprint density at radius 1 is 0.923 bits per heavy atom. The molecular formula is C20H33ClO4S. The zero-order valence-electron chi connectivity index (χ0n) is 17.1. The maximum atomic E-state index is 12.1. The summed E-state index contributed by atoms with van der Waals surface area (Å²) in [5.74, 6) is 0.854. The summed E-state index contributed by atoms with van der Waals surface area (Å²) in [6.07, 6.45) is 2.51. The van der Waals surface area contributed by atoms with Crippen LogP contribution in [0, 0.1) is 5.41 Å². The van der Waals surface area contributed by atoms with Crippen LogP contribution in [0.2, 0.25) is 0 Å². The topological polar surface area (TPSA) is 52.6 Å². The van der Waals surface area contributed by atoms with E-state index < -0.39 is 9.05 Å². The van der Waals surface area contributed by atoms with E-state index in [0.717, 1.165) is 24.8 Å². The zero-order valence-corrected chi connectivity index (χ0v) is 18.7. The van der Waals surface area contributed by atoms with Gasteiger partial charge in [-0.3, -0.25) is 0 Å². The maximum absolute atomic E-state index is 12.1. The summed E-state index contributed by atoms with van der Waals surface area (Å²) in [7, 11) is 1.72. The Balaban J connectivity index is 3.59. The molecule has 26 heavy (non-hydrogen) atoms. The van der Waals surface area contributed by atoms with E-state index in [1.807, 2.05) is 13.8 Å². The fourth-order valence-electron chi connectivity index (χ4n) is 3.34. The standard InChI is InChI=1S/C20H33ClO4S/c1-8-10-24-16-13-18(26(21,22)23)17(25-11-9-2)12-15(16)20(6,7)14-19(3,4)5/h12-13H,8-11,14H2,1-7H3. The lowest BCUT2D eigenvalue weighted by atomic mass is 9.72. The minimum Gasteiger partial charge on any atom is -0.493 e. The summed E-state index contributed by atoms with van der Waals surface area (Å²) < 4.78 is 35.7. The lowest BCUT2D eigenvalue weighted by Crippen LogP contribution is -2.26. The van der Waals surface area contributed by atoms with E-state index in [1.165, 1.54) is 6.07 Å². The summed E-state index contributed by atoms with van der Waals surface area (Å²) in [4.78, 5) is -0.0333. The molecule has 150 valence electrons. The van der Waals surface area contributed by atoms with E-state index in [0.29, 0.717) is 24.7 Å². The first kappa shape index (κ1) is 23.1. The Morgan fingerprint density at radius 2 is 1.42 bits per heavy atom. The van der Waals surface area contributed by atoms with Gasteiger partial charge in [0.15, 0.2) is 0 Å². The highest BCUT2D eigenvalue weighted by atomic mass is 35.7. The molecule has 0 bridgehead atoms. The molecule has 0 N–H and O–H groups in total. The van der Waals surface area contributed by atoms with E-state index in [4.69, 9.17) is 20.2 Å². The zero-order chi connectivity index (χ0) is 20.2. The van der Waals surface area contributed by atoms with Gasteiger partial charge in [-0.05, 0) is 36.2 Å². The summed E-state index contributed by atoms with van der Waals surface area (Å²) in [6.45, 7) is 15.8. The molecule has 0 heterocycles. The van der Waals surface area contributed by atoms with Crippen molar-refractivity contribution >= 4 is 19.7 Å². The molecule has 6 heteroatoms. The number of benzene rings is 1. The molecule has 1 aromatic rings. The van der Waals surface area contributed by atoms with Crippen LogP contribution in [0.3, 0.4) is 0 Å². The first-order valence-corrected chi connectivity index (χ1v) is 11.5. The van der Waals surface area contributed by atoms with Gasteiger partial charge in [0.25, 0.3) is 9.05 Å². The summed E-state index contributed by atoms with van der Waals surface area (Å²) in [5.41, 5.74) is 0.823. The summed E-state index contributed by atoms with van der Waals surface area (Å²) in [5, 5.41) is 0. The third-order valence-electron chi connectivity index (χ3n) is 3.93. The highest BCUT2D eigenvalue weighted by molar-refractivity contribution is 8.13. The fourth-order valence-corrected chi connectivity index (χ4v) is 4.31. The second-order valence-corrected chi connectivity index (χ2v) is 11.1. The molecule has 0 aliphatic carbocycles. The first-order valence-electron chi connectivity index (χ1n) is 9.20. The molecule has 1 rings (SSSR count). The lowest BCUT2D eigenvalue weighted by molar-refractivity contribution is 0.261. The number of hydrogen-bond donors (Lipinski definition) is 0. The van der Waals surface area contributed by atoms with E-state index in [1.54, 1.807) is 6.07 Å². The van der Waals surface area contributed by atoms with Crippen LogP contribution in [-0.2, 0) is 14.5 Å². The fraction of sp³-hybridized carbons (Fsp3) is 0.700. The average Bonchev–Trinajstić information content (AvgIpc) is 2.47. The van der Waals surface area contributed by atoms with Crippen LogP contribution in [-0.4, -0.2) is 21.6 Å². The van der Waals surface area contributed by atoms with Crippen molar-refractivity contribution in [2.45, 2.75) is 78.0 Å². The summed E-state index contributed by atoms with van der Waals surface area (Å²) >= 11 is 0. The van der Waals surface area contributed by atoms with Crippen LogP contribution < -0.4 is 9.47 Å². The molecule has 0 saturated carbocycles. The molecule has 0 aliphatic heterocycles. The Labute approximate surface area is 163 Å². The van der Waals surface area contributed by atoms with Crippen LogP contribution >= 0.6 is 10.7 Å². The third-order valence-corrected chi connectivity index (χ3v) is 5.28. The molecule has 0 fully saturated rings. The molecule has 0 amide bonds. The summed E-state index contributed by atoms with van der Waals surface area (Å²) in [6, 6.07) is 3.31. The van der Waals surface area contributed by atoms with Gasteiger partial charge in [-0.15, -0.1) is 0 Å². The minimum absolute atomic E-state index is 0.0333. The van der Waals surface area contributed by atoms with Crippen molar-refractivity contribution in [3.8, 4) is 11.5 Å². The predicted octanol–water partition coefficient (Wildman–Crippen LogP) is 5.91. The van der Waals surface area contributed by atoms with E-state index in [9.17, 15) is 8.42 Å².